The second-order valence-electron chi connectivity index (χ2n) is 3.22. The first kappa shape index (κ1) is 10.9. The third kappa shape index (κ3) is 2.52. The first-order chi connectivity index (χ1) is 7.77. The van der Waals surface area contributed by atoms with E-state index in [0.29, 0.717) is 12.3 Å². The number of nitrogens with one attached hydrogen (secondary N) is 1. The molecule has 3 amide bonds. The zero-order chi connectivity index (χ0) is 11.4. The number of rotatable bonds is 4. The maximum atomic E-state index is 11.2. The van der Waals surface area contributed by atoms with Crippen molar-refractivity contribution in [2.45, 2.75) is 5.03 Å². The van der Waals surface area contributed by atoms with Crippen LogP contribution in [0.3, 0.4) is 0 Å². The number of carbonyl (C=O) groups excluding carboxylic acids is 2. The average molecular weight is 237 g/mol. The predicted octanol–water partition coefficient (Wildman–Crippen LogP) is 0.726. The second-order valence-corrected chi connectivity index (χ2v) is 4.34. The number of thioether (sulfide) groups is 1. The maximum Gasteiger partial charge on any atom is 0.324 e. The molecule has 1 saturated heterocycles. The molecule has 5 nitrogen and oxygen atoms in total. The Morgan fingerprint density at radius 2 is 2.31 bits per heavy atom. The lowest BCUT2D eigenvalue weighted by molar-refractivity contribution is -0.124. The Hall–Kier alpha value is -1.56. The Morgan fingerprint density at radius 3 is 2.94 bits per heavy atom. The third-order valence-electron chi connectivity index (χ3n) is 2.14. The minimum absolute atomic E-state index is 0.118. The molecule has 6 heteroatoms. The molecule has 2 rings (SSSR count). The zero-order valence-corrected chi connectivity index (χ0v) is 9.37. The van der Waals surface area contributed by atoms with Gasteiger partial charge < -0.3 is 5.32 Å². The van der Waals surface area contributed by atoms with Crippen molar-refractivity contribution in [3.05, 3.63) is 24.4 Å². The summed E-state index contributed by atoms with van der Waals surface area (Å²) in [5.74, 6) is 0.502. The molecule has 1 aliphatic heterocycles. The van der Waals surface area contributed by atoms with Crippen molar-refractivity contribution in [2.24, 2.45) is 0 Å². The first-order valence-corrected chi connectivity index (χ1v) is 5.88. The van der Waals surface area contributed by atoms with E-state index < -0.39 is 0 Å². The van der Waals surface area contributed by atoms with Crippen LogP contribution in [0.15, 0.2) is 29.4 Å². The van der Waals surface area contributed by atoms with E-state index in [-0.39, 0.29) is 18.5 Å². The number of nitrogens with zero attached hydrogens (tertiary/aromatic N) is 2. The molecular weight excluding hydrogens is 226 g/mol. The second kappa shape index (κ2) is 4.98. The Morgan fingerprint density at radius 1 is 1.44 bits per heavy atom. The summed E-state index contributed by atoms with van der Waals surface area (Å²) < 4.78 is 0. The highest BCUT2D eigenvalue weighted by Crippen LogP contribution is 2.14. The van der Waals surface area contributed by atoms with Crippen LogP contribution in [0.1, 0.15) is 0 Å². The fourth-order valence-corrected chi connectivity index (χ4v) is 2.15. The Labute approximate surface area is 97.2 Å². The topological polar surface area (TPSA) is 62.3 Å². The van der Waals surface area contributed by atoms with Crippen LogP contribution in [0.4, 0.5) is 4.79 Å². The highest BCUT2D eigenvalue weighted by molar-refractivity contribution is 7.99. The monoisotopic (exact) mass is 237 g/mol. The smallest absolute Gasteiger partial charge is 0.324 e. The molecule has 1 aromatic rings. The van der Waals surface area contributed by atoms with Crippen molar-refractivity contribution in [1.82, 2.24) is 15.2 Å². The largest absolute Gasteiger partial charge is 0.329 e. The van der Waals surface area contributed by atoms with Crippen LogP contribution in [0.25, 0.3) is 0 Å². The molecule has 0 spiro atoms. The van der Waals surface area contributed by atoms with Gasteiger partial charge in [0.2, 0.25) is 5.91 Å². The van der Waals surface area contributed by atoms with Crippen LogP contribution in [-0.4, -0.2) is 40.7 Å². The van der Waals surface area contributed by atoms with E-state index in [1.807, 2.05) is 18.2 Å². The van der Waals surface area contributed by atoms with Gasteiger partial charge in [0.1, 0.15) is 0 Å². The molecule has 0 unspecified atom stereocenters. The Bertz CT molecular complexity index is 380. The van der Waals surface area contributed by atoms with Crippen LogP contribution in [0.2, 0.25) is 0 Å². The summed E-state index contributed by atoms with van der Waals surface area (Å²) in [4.78, 5) is 27.8. The Balaban J connectivity index is 1.80. The summed E-state index contributed by atoms with van der Waals surface area (Å²) in [5.41, 5.74) is 0. The normalized spacial score (nSPS) is 15.4. The number of imide groups is 1. The lowest BCUT2D eigenvalue weighted by atomic mass is 10.5. The average Bonchev–Trinajstić information content (AvgIpc) is 2.62. The van der Waals surface area contributed by atoms with Crippen LogP contribution in [-0.2, 0) is 4.79 Å². The number of carbonyl (C=O) groups is 2. The maximum absolute atomic E-state index is 11.2. The number of hydrogen-bond donors (Lipinski definition) is 1. The number of amides is 3. The third-order valence-corrected chi connectivity index (χ3v) is 3.06. The molecule has 84 valence electrons. The fraction of sp³-hybridized carbons (Fsp3) is 0.300. The van der Waals surface area contributed by atoms with Gasteiger partial charge >= 0.3 is 6.03 Å². The van der Waals surface area contributed by atoms with Crippen molar-refractivity contribution < 1.29 is 9.59 Å². The molecule has 0 radical (unpaired) electrons. The SMILES string of the molecule is O=C1CNC(=O)N1CCSc1ccccn1. The highest BCUT2D eigenvalue weighted by Gasteiger charge is 2.27. The molecule has 1 N–H and O–H groups in total. The van der Waals surface area contributed by atoms with E-state index in [0.717, 1.165) is 5.03 Å². The highest BCUT2D eigenvalue weighted by atomic mass is 32.2. The fourth-order valence-electron chi connectivity index (χ4n) is 1.36. The molecule has 16 heavy (non-hydrogen) atoms. The van der Waals surface area contributed by atoms with Gasteiger partial charge in [0.05, 0.1) is 11.6 Å². The molecule has 0 aromatic carbocycles. The minimum atomic E-state index is -0.299. The summed E-state index contributed by atoms with van der Waals surface area (Å²) in [6.45, 7) is 0.541. The summed E-state index contributed by atoms with van der Waals surface area (Å²) in [6.07, 6.45) is 1.72. The molecular formula is C10H11N3O2S. The van der Waals surface area contributed by atoms with E-state index in [9.17, 15) is 9.59 Å². The molecule has 0 aliphatic carbocycles. The van der Waals surface area contributed by atoms with Gasteiger partial charge in [-0.05, 0) is 12.1 Å². The number of hydrogen-bond acceptors (Lipinski definition) is 4. The summed E-state index contributed by atoms with van der Waals surface area (Å²) in [7, 11) is 0. The summed E-state index contributed by atoms with van der Waals surface area (Å²) >= 11 is 1.53. The van der Waals surface area contributed by atoms with Crippen LogP contribution >= 0.6 is 11.8 Å². The number of urea groups is 1. The van der Waals surface area contributed by atoms with E-state index in [1.54, 1.807) is 6.20 Å². The Kier molecular flexibility index (Phi) is 3.40. The van der Waals surface area contributed by atoms with Crippen molar-refractivity contribution in [2.75, 3.05) is 18.8 Å². The van der Waals surface area contributed by atoms with Gasteiger partial charge in [0.15, 0.2) is 0 Å². The molecule has 2 heterocycles. The van der Waals surface area contributed by atoms with Gasteiger partial charge in [-0.15, -0.1) is 11.8 Å². The van der Waals surface area contributed by atoms with Gasteiger partial charge in [-0.2, -0.15) is 0 Å². The molecule has 0 bridgehead atoms. The van der Waals surface area contributed by atoms with Crippen LogP contribution in [0, 0.1) is 0 Å². The van der Waals surface area contributed by atoms with E-state index in [1.165, 1.54) is 16.7 Å². The van der Waals surface area contributed by atoms with Gasteiger partial charge in [-0.3, -0.25) is 9.69 Å². The van der Waals surface area contributed by atoms with E-state index in [4.69, 9.17) is 0 Å². The summed E-state index contributed by atoms with van der Waals surface area (Å²) in [5, 5.41) is 3.38. The van der Waals surface area contributed by atoms with Crippen molar-refractivity contribution in [3.63, 3.8) is 0 Å². The standard InChI is InChI=1S/C10H11N3O2S/c14-9-7-12-10(15)13(9)5-6-16-8-3-1-2-4-11-8/h1-4H,5-7H2,(H,12,15). The molecule has 1 aliphatic rings. The van der Waals surface area contributed by atoms with Crippen LogP contribution in [0.5, 0.6) is 0 Å². The minimum Gasteiger partial charge on any atom is -0.329 e. The van der Waals surface area contributed by atoms with Gasteiger partial charge in [0, 0.05) is 18.5 Å². The quantitative estimate of drug-likeness (QED) is 0.619. The van der Waals surface area contributed by atoms with Crippen molar-refractivity contribution in [1.29, 1.82) is 0 Å². The predicted molar refractivity (Wildman–Crippen MR) is 60.1 cm³/mol. The number of pyridine rings is 1. The van der Waals surface area contributed by atoms with Crippen molar-refractivity contribution >= 4 is 23.7 Å². The van der Waals surface area contributed by atoms with E-state index >= 15 is 0 Å². The lowest BCUT2D eigenvalue weighted by Crippen LogP contribution is -2.32. The lowest BCUT2D eigenvalue weighted by Gasteiger charge is -2.10. The van der Waals surface area contributed by atoms with Crippen LogP contribution < -0.4 is 5.32 Å². The van der Waals surface area contributed by atoms with Crippen molar-refractivity contribution in [3.8, 4) is 0 Å². The zero-order valence-electron chi connectivity index (χ0n) is 8.55. The van der Waals surface area contributed by atoms with E-state index in [2.05, 4.69) is 10.3 Å². The molecule has 0 saturated carbocycles. The van der Waals surface area contributed by atoms with Gasteiger partial charge in [0.25, 0.3) is 0 Å². The number of aromatic nitrogens is 1. The molecule has 1 aromatic heterocycles. The van der Waals surface area contributed by atoms with Gasteiger partial charge in [-0.25, -0.2) is 9.78 Å². The molecule has 0 atom stereocenters. The van der Waals surface area contributed by atoms with Gasteiger partial charge in [-0.1, -0.05) is 6.07 Å². The first-order valence-electron chi connectivity index (χ1n) is 4.89. The molecule has 1 fully saturated rings. The summed E-state index contributed by atoms with van der Waals surface area (Å²) in [6, 6.07) is 5.35.